The molecule has 1 saturated heterocycles. The third-order valence-electron chi connectivity index (χ3n) is 6.40. The number of carbonyl (C=O) groups is 1. The van der Waals surface area contributed by atoms with Crippen LogP contribution in [-0.4, -0.2) is 50.2 Å². The molecule has 0 aromatic carbocycles. The van der Waals surface area contributed by atoms with Crippen LogP contribution in [0.25, 0.3) is 0 Å². The highest BCUT2D eigenvalue weighted by atomic mass is 16.1. The Bertz CT molecular complexity index is 1040. The molecule has 1 aliphatic rings. The Kier molecular flexibility index (Phi) is 6.95. The number of nitrogens with one attached hydrogen (secondary N) is 1. The third kappa shape index (κ3) is 5.22. The van der Waals surface area contributed by atoms with Crippen molar-refractivity contribution in [3.63, 3.8) is 0 Å². The van der Waals surface area contributed by atoms with Gasteiger partial charge in [-0.1, -0.05) is 6.07 Å². The average Bonchev–Trinajstić information content (AvgIpc) is 3.06. The van der Waals surface area contributed by atoms with Crippen LogP contribution in [0.3, 0.4) is 0 Å². The normalized spacial score (nSPS) is 16.8. The minimum absolute atomic E-state index is 0.0799. The largest absolute Gasteiger partial charge is 0.352 e. The second-order valence-electron chi connectivity index (χ2n) is 8.65. The van der Waals surface area contributed by atoms with E-state index in [0.717, 1.165) is 61.7 Å². The van der Waals surface area contributed by atoms with Gasteiger partial charge >= 0.3 is 0 Å². The van der Waals surface area contributed by atoms with Crippen LogP contribution in [-0.2, 0) is 20.0 Å². The summed E-state index contributed by atoms with van der Waals surface area (Å²) >= 11 is 0. The molecule has 0 unspecified atom stereocenters. The molecule has 1 N–H and O–H groups in total. The molecule has 7 nitrogen and oxygen atoms in total. The zero-order chi connectivity index (χ0) is 22.5. The first kappa shape index (κ1) is 22.1. The monoisotopic (exact) mass is 432 g/mol. The third-order valence-corrected chi connectivity index (χ3v) is 6.40. The van der Waals surface area contributed by atoms with E-state index in [1.807, 2.05) is 49.1 Å². The van der Waals surface area contributed by atoms with Crippen LogP contribution < -0.4 is 5.32 Å². The first-order valence-electron chi connectivity index (χ1n) is 11.4. The molecule has 1 amide bonds. The lowest BCUT2D eigenvalue weighted by molar-refractivity contribution is 0.0953. The van der Waals surface area contributed by atoms with Crippen molar-refractivity contribution in [2.45, 2.75) is 45.6 Å². The maximum atomic E-state index is 12.6. The Morgan fingerprint density at radius 2 is 2.06 bits per heavy atom. The van der Waals surface area contributed by atoms with Crippen LogP contribution in [0, 0.1) is 13.8 Å². The summed E-state index contributed by atoms with van der Waals surface area (Å²) in [6, 6.07) is 9.97. The van der Waals surface area contributed by atoms with Gasteiger partial charge in [-0.15, -0.1) is 0 Å². The lowest BCUT2D eigenvalue weighted by atomic mass is 9.94. The van der Waals surface area contributed by atoms with E-state index >= 15 is 0 Å². The Morgan fingerprint density at radius 1 is 1.19 bits per heavy atom. The smallest absolute Gasteiger partial charge is 0.252 e. The molecular weight excluding hydrogens is 400 g/mol. The molecular formula is C25H32N6O. The van der Waals surface area contributed by atoms with Gasteiger partial charge in [0, 0.05) is 56.4 Å². The second-order valence-corrected chi connectivity index (χ2v) is 8.65. The Balaban J connectivity index is 1.30. The van der Waals surface area contributed by atoms with E-state index in [9.17, 15) is 4.79 Å². The van der Waals surface area contributed by atoms with Gasteiger partial charge in [-0.3, -0.25) is 24.3 Å². The molecule has 1 fully saturated rings. The number of hydrogen-bond donors (Lipinski definition) is 1. The summed E-state index contributed by atoms with van der Waals surface area (Å²) in [5.74, 6) is 0.310. The highest BCUT2D eigenvalue weighted by Gasteiger charge is 2.23. The maximum absolute atomic E-state index is 12.6. The van der Waals surface area contributed by atoms with Gasteiger partial charge in [0.1, 0.15) is 0 Å². The molecule has 3 aromatic heterocycles. The van der Waals surface area contributed by atoms with E-state index in [4.69, 9.17) is 0 Å². The van der Waals surface area contributed by atoms with Crippen molar-refractivity contribution < 1.29 is 4.79 Å². The standard InChI is InChI=1S/C25H32N6O/c1-18-23(19(2)30(3)29-18)11-13-27-25(32)20-9-10-24(28-15-20)21-7-6-14-31(16-21)17-22-8-4-5-12-26-22/h4-5,8-10,12,15,21H,6-7,11,13-14,16-17H2,1-3H3,(H,27,32)/t21-/m0/s1. The van der Waals surface area contributed by atoms with Crippen LogP contribution >= 0.6 is 0 Å². The minimum Gasteiger partial charge on any atom is -0.352 e. The van der Waals surface area contributed by atoms with E-state index < -0.39 is 0 Å². The molecule has 1 atom stereocenters. The summed E-state index contributed by atoms with van der Waals surface area (Å²) in [6.45, 7) is 7.58. The van der Waals surface area contributed by atoms with Crippen molar-refractivity contribution in [3.8, 4) is 0 Å². The van der Waals surface area contributed by atoms with E-state index in [1.165, 1.54) is 5.56 Å². The fraction of sp³-hybridized carbons (Fsp3) is 0.440. The molecule has 32 heavy (non-hydrogen) atoms. The molecule has 1 aliphatic heterocycles. The number of piperidine rings is 1. The summed E-state index contributed by atoms with van der Waals surface area (Å²) in [5, 5.41) is 7.45. The molecule has 0 radical (unpaired) electrons. The summed E-state index contributed by atoms with van der Waals surface area (Å²) in [5.41, 5.74) is 6.14. The van der Waals surface area contributed by atoms with E-state index in [1.54, 1.807) is 6.20 Å². The second kappa shape index (κ2) is 10.0. The first-order valence-corrected chi connectivity index (χ1v) is 11.4. The Labute approximate surface area is 189 Å². The number of rotatable bonds is 7. The summed E-state index contributed by atoms with van der Waals surface area (Å²) in [4.78, 5) is 24.1. The number of hydrogen-bond acceptors (Lipinski definition) is 5. The number of amides is 1. The molecule has 0 aliphatic carbocycles. The first-order chi connectivity index (χ1) is 15.5. The lowest BCUT2D eigenvalue weighted by Gasteiger charge is -2.32. The molecule has 4 rings (SSSR count). The fourth-order valence-corrected chi connectivity index (χ4v) is 4.52. The zero-order valence-corrected chi connectivity index (χ0v) is 19.2. The summed E-state index contributed by atoms with van der Waals surface area (Å²) in [7, 11) is 1.95. The summed E-state index contributed by atoms with van der Waals surface area (Å²) in [6.07, 6.45) is 6.61. The van der Waals surface area contributed by atoms with Crippen molar-refractivity contribution in [2.24, 2.45) is 7.05 Å². The van der Waals surface area contributed by atoms with Gasteiger partial charge in [-0.05, 0) is 69.5 Å². The number of nitrogens with zero attached hydrogens (tertiary/aromatic N) is 5. The van der Waals surface area contributed by atoms with Crippen molar-refractivity contribution in [1.82, 2.24) is 30.0 Å². The van der Waals surface area contributed by atoms with E-state index in [0.29, 0.717) is 18.0 Å². The van der Waals surface area contributed by atoms with Gasteiger partial charge < -0.3 is 5.32 Å². The quantitative estimate of drug-likeness (QED) is 0.621. The van der Waals surface area contributed by atoms with Gasteiger partial charge in [0.05, 0.1) is 17.0 Å². The Morgan fingerprint density at radius 3 is 2.75 bits per heavy atom. The van der Waals surface area contributed by atoms with E-state index in [-0.39, 0.29) is 5.91 Å². The number of pyridine rings is 2. The predicted octanol–water partition coefficient (Wildman–Crippen LogP) is 3.18. The molecule has 168 valence electrons. The van der Waals surface area contributed by atoms with Crippen LogP contribution in [0.15, 0.2) is 42.7 Å². The van der Waals surface area contributed by atoms with E-state index in [2.05, 4.69) is 38.3 Å². The van der Waals surface area contributed by atoms with Crippen molar-refractivity contribution in [1.29, 1.82) is 0 Å². The lowest BCUT2D eigenvalue weighted by Crippen LogP contribution is -2.34. The topological polar surface area (TPSA) is 75.9 Å². The SMILES string of the molecule is Cc1nn(C)c(C)c1CCNC(=O)c1ccc([C@H]2CCCN(Cc3ccccn3)C2)nc1. The highest BCUT2D eigenvalue weighted by Crippen LogP contribution is 2.26. The van der Waals surface area contributed by atoms with Crippen molar-refractivity contribution in [3.05, 3.63) is 76.6 Å². The number of aromatic nitrogens is 4. The van der Waals surface area contributed by atoms with Crippen molar-refractivity contribution >= 4 is 5.91 Å². The maximum Gasteiger partial charge on any atom is 0.252 e. The van der Waals surface area contributed by atoms with Gasteiger partial charge in [0.15, 0.2) is 0 Å². The number of carbonyl (C=O) groups excluding carboxylic acids is 1. The van der Waals surface area contributed by atoms with Crippen LogP contribution in [0.1, 0.15) is 57.5 Å². The fourth-order valence-electron chi connectivity index (χ4n) is 4.52. The number of aryl methyl sites for hydroxylation is 2. The van der Waals surface area contributed by atoms with Gasteiger partial charge in [-0.25, -0.2) is 0 Å². The predicted molar refractivity (Wildman–Crippen MR) is 124 cm³/mol. The van der Waals surface area contributed by atoms with Gasteiger partial charge in [-0.2, -0.15) is 5.10 Å². The molecule has 0 spiro atoms. The average molecular weight is 433 g/mol. The molecule has 7 heteroatoms. The molecule has 0 saturated carbocycles. The molecule has 4 heterocycles. The van der Waals surface area contributed by atoms with Gasteiger partial charge in [0.25, 0.3) is 5.91 Å². The van der Waals surface area contributed by atoms with Gasteiger partial charge in [0.2, 0.25) is 0 Å². The number of likely N-dealkylation sites (tertiary alicyclic amines) is 1. The van der Waals surface area contributed by atoms with Crippen molar-refractivity contribution in [2.75, 3.05) is 19.6 Å². The van der Waals surface area contributed by atoms with Crippen LogP contribution in [0.5, 0.6) is 0 Å². The zero-order valence-electron chi connectivity index (χ0n) is 19.2. The summed E-state index contributed by atoms with van der Waals surface area (Å²) < 4.78 is 1.89. The minimum atomic E-state index is -0.0799. The highest BCUT2D eigenvalue weighted by molar-refractivity contribution is 5.93. The Hall–Kier alpha value is -3.06. The van der Waals surface area contributed by atoms with Crippen LogP contribution in [0.4, 0.5) is 0 Å². The van der Waals surface area contributed by atoms with Crippen LogP contribution in [0.2, 0.25) is 0 Å². The molecule has 3 aromatic rings. The molecule has 0 bridgehead atoms.